The van der Waals surface area contributed by atoms with E-state index < -0.39 is 36.7 Å². The van der Waals surface area contributed by atoms with E-state index in [1.807, 2.05) is 0 Å². The Morgan fingerprint density at radius 3 is 2.46 bits per heavy atom. The monoisotopic (exact) mass is 526 g/mol. The standard InChI is InChI=1S/C26H23ClN2O8/c1-28-10-4-7-17(28)20(30)15-5-2-3-6-16(15)29-12-19(14-9-8-13(27)11-18(14)29)36-26-23(33)21(31)22(32)24(37-26)25(34)35/h2-12,21-24,26,31-33H,1H3,(H,34,35)/t21-,22-,23+,24-,26+/m0/s1. The first-order valence-corrected chi connectivity index (χ1v) is 11.7. The van der Waals surface area contributed by atoms with E-state index in [0.29, 0.717) is 32.9 Å². The number of aliphatic carboxylic acids is 1. The number of ether oxygens (including phenoxy) is 2. The molecule has 0 saturated carbocycles. The number of benzene rings is 2. The van der Waals surface area contributed by atoms with Crippen molar-refractivity contribution < 1.29 is 39.5 Å². The van der Waals surface area contributed by atoms with E-state index in [4.69, 9.17) is 21.1 Å². The van der Waals surface area contributed by atoms with E-state index >= 15 is 0 Å². The number of fused-ring (bicyclic) bond motifs is 1. The largest absolute Gasteiger partial charge is 0.479 e. The first kappa shape index (κ1) is 25.0. The fourth-order valence-corrected chi connectivity index (χ4v) is 4.61. The van der Waals surface area contributed by atoms with Gasteiger partial charge in [0.05, 0.1) is 23.1 Å². The minimum atomic E-state index is -1.84. The number of carbonyl (C=O) groups excluding carboxylic acids is 1. The number of hydrogen-bond acceptors (Lipinski definition) is 7. The Bertz CT molecular complexity index is 1500. The van der Waals surface area contributed by atoms with Gasteiger partial charge in [0.1, 0.15) is 24.1 Å². The lowest BCUT2D eigenvalue weighted by Crippen LogP contribution is -2.61. The Hall–Kier alpha value is -3.67. The highest BCUT2D eigenvalue weighted by Gasteiger charge is 2.48. The number of hydrogen-bond donors (Lipinski definition) is 4. The molecule has 4 N–H and O–H groups in total. The van der Waals surface area contributed by atoms with Crippen LogP contribution in [0.1, 0.15) is 16.1 Å². The Kier molecular flexibility index (Phi) is 6.52. The zero-order valence-electron chi connectivity index (χ0n) is 19.4. The molecule has 0 aliphatic carbocycles. The SMILES string of the molecule is Cn1cccc1C(=O)c1ccccc1-n1cc(O[C@@H]2O[C@H](C(=O)O)[C@@H](O)[C@H](O)[C@H]2O)c2ccc(Cl)cc21. The van der Waals surface area contributed by atoms with Crippen LogP contribution in [-0.4, -0.2) is 72.0 Å². The van der Waals surface area contributed by atoms with E-state index in [1.165, 1.54) is 0 Å². The first-order valence-electron chi connectivity index (χ1n) is 11.3. The first-order chi connectivity index (χ1) is 17.7. The normalized spacial score (nSPS) is 23.8. The van der Waals surface area contributed by atoms with Crippen molar-refractivity contribution >= 4 is 34.3 Å². The second-order valence-electron chi connectivity index (χ2n) is 8.73. The Morgan fingerprint density at radius 1 is 1.00 bits per heavy atom. The fourth-order valence-electron chi connectivity index (χ4n) is 4.45. The fraction of sp³-hybridized carbons (Fsp3) is 0.231. The molecule has 192 valence electrons. The smallest absolute Gasteiger partial charge is 0.335 e. The maximum absolute atomic E-state index is 13.4. The van der Waals surface area contributed by atoms with E-state index in [1.54, 1.807) is 83.2 Å². The number of aliphatic hydroxyl groups excluding tert-OH is 3. The van der Waals surface area contributed by atoms with E-state index in [-0.39, 0.29) is 11.5 Å². The van der Waals surface area contributed by atoms with Crippen LogP contribution in [0.3, 0.4) is 0 Å². The molecule has 0 bridgehead atoms. The zero-order chi connectivity index (χ0) is 26.4. The molecule has 4 aromatic rings. The third-order valence-corrected chi connectivity index (χ3v) is 6.61. The number of ketones is 1. The van der Waals surface area contributed by atoms with Gasteiger partial charge in [-0.15, -0.1) is 0 Å². The van der Waals surface area contributed by atoms with Gasteiger partial charge in [-0.25, -0.2) is 4.79 Å². The number of aromatic nitrogens is 2. The number of halogens is 1. The molecule has 37 heavy (non-hydrogen) atoms. The molecule has 10 nitrogen and oxygen atoms in total. The predicted octanol–water partition coefficient (Wildman–Crippen LogP) is 2.12. The minimum Gasteiger partial charge on any atom is -0.479 e. The van der Waals surface area contributed by atoms with Gasteiger partial charge in [0, 0.05) is 29.2 Å². The summed E-state index contributed by atoms with van der Waals surface area (Å²) < 4.78 is 14.6. The van der Waals surface area contributed by atoms with Gasteiger partial charge >= 0.3 is 5.97 Å². The second kappa shape index (κ2) is 9.66. The summed E-state index contributed by atoms with van der Waals surface area (Å²) in [6, 6.07) is 15.4. The van der Waals surface area contributed by atoms with Gasteiger partial charge in [0.25, 0.3) is 0 Å². The van der Waals surface area contributed by atoms with Crippen LogP contribution < -0.4 is 4.74 Å². The van der Waals surface area contributed by atoms with Crippen molar-refractivity contribution in [2.75, 3.05) is 0 Å². The molecule has 1 fully saturated rings. The number of carboxylic acids is 1. The molecule has 2 aromatic carbocycles. The van der Waals surface area contributed by atoms with Gasteiger partial charge in [-0.3, -0.25) is 4.79 Å². The van der Waals surface area contributed by atoms with Crippen molar-refractivity contribution in [2.24, 2.45) is 7.05 Å². The van der Waals surface area contributed by atoms with Crippen molar-refractivity contribution in [1.82, 2.24) is 9.13 Å². The van der Waals surface area contributed by atoms with Crippen LogP contribution in [0.4, 0.5) is 0 Å². The third-order valence-electron chi connectivity index (χ3n) is 6.37. The van der Waals surface area contributed by atoms with Crippen LogP contribution in [0.5, 0.6) is 5.75 Å². The van der Waals surface area contributed by atoms with Crippen LogP contribution in [-0.2, 0) is 16.6 Å². The Labute approximate surface area is 215 Å². The van der Waals surface area contributed by atoms with Crippen molar-refractivity contribution in [3.8, 4) is 11.4 Å². The average molecular weight is 527 g/mol. The van der Waals surface area contributed by atoms with Gasteiger partial charge in [-0.05, 0) is 42.5 Å². The highest BCUT2D eigenvalue weighted by Crippen LogP contribution is 2.36. The highest BCUT2D eigenvalue weighted by atomic mass is 35.5. The number of aryl methyl sites for hydroxylation is 1. The summed E-state index contributed by atoms with van der Waals surface area (Å²) in [5.41, 5.74) is 1.99. The van der Waals surface area contributed by atoms with Crippen molar-refractivity contribution in [3.05, 3.63) is 83.3 Å². The van der Waals surface area contributed by atoms with Crippen molar-refractivity contribution in [1.29, 1.82) is 0 Å². The summed E-state index contributed by atoms with van der Waals surface area (Å²) in [5, 5.41) is 40.9. The second-order valence-corrected chi connectivity index (χ2v) is 9.16. The number of nitrogens with zero attached hydrogens (tertiary/aromatic N) is 2. The summed E-state index contributed by atoms with van der Waals surface area (Å²) in [6.07, 6.45) is -5.47. The summed E-state index contributed by atoms with van der Waals surface area (Å²) in [7, 11) is 1.78. The average Bonchev–Trinajstić information content (AvgIpc) is 3.46. The van der Waals surface area contributed by atoms with Gasteiger partial charge in [0.2, 0.25) is 12.1 Å². The van der Waals surface area contributed by atoms with E-state index in [0.717, 1.165) is 0 Å². The Balaban J connectivity index is 1.60. The van der Waals surface area contributed by atoms with E-state index in [2.05, 4.69) is 0 Å². The predicted molar refractivity (Wildman–Crippen MR) is 132 cm³/mol. The molecule has 0 radical (unpaired) electrons. The van der Waals surface area contributed by atoms with Crippen LogP contribution >= 0.6 is 11.6 Å². The maximum Gasteiger partial charge on any atom is 0.335 e. The number of carboxylic acid groups (broad SMARTS) is 1. The Morgan fingerprint density at radius 2 is 1.76 bits per heavy atom. The number of rotatable bonds is 6. The van der Waals surface area contributed by atoms with Crippen LogP contribution in [0.25, 0.3) is 16.6 Å². The molecule has 1 saturated heterocycles. The van der Waals surface area contributed by atoms with Gasteiger partial charge in [-0.2, -0.15) is 0 Å². The molecule has 11 heteroatoms. The summed E-state index contributed by atoms with van der Waals surface area (Å²) in [5.74, 6) is -1.55. The van der Waals surface area contributed by atoms with Gasteiger partial charge < -0.3 is 39.0 Å². The molecular formula is C26H23ClN2O8. The van der Waals surface area contributed by atoms with Crippen molar-refractivity contribution in [3.63, 3.8) is 0 Å². The van der Waals surface area contributed by atoms with E-state index in [9.17, 15) is 30.0 Å². The lowest BCUT2D eigenvalue weighted by Gasteiger charge is -2.38. The van der Waals surface area contributed by atoms with Crippen LogP contribution in [0, 0.1) is 0 Å². The molecular weight excluding hydrogens is 504 g/mol. The zero-order valence-corrected chi connectivity index (χ0v) is 20.2. The maximum atomic E-state index is 13.4. The molecule has 1 aliphatic rings. The van der Waals surface area contributed by atoms with Gasteiger partial charge in [-0.1, -0.05) is 23.7 Å². The quantitative estimate of drug-likeness (QED) is 0.280. The van der Waals surface area contributed by atoms with Gasteiger partial charge in [0.15, 0.2) is 6.10 Å². The number of aliphatic hydroxyl groups is 3. The molecule has 2 aromatic heterocycles. The molecule has 5 rings (SSSR count). The van der Waals surface area contributed by atoms with Crippen LogP contribution in [0.15, 0.2) is 67.0 Å². The molecule has 0 unspecified atom stereocenters. The summed E-state index contributed by atoms with van der Waals surface area (Å²) >= 11 is 6.28. The summed E-state index contributed by atoms with van der Waals surface area (Å²) in [4.78, 5) is 24.9. The highest BCUT2D eigenvalue weighted by molar-refractivity contribution is 6.31. The summed E-state index contributed by atoms with van der Waals surface area (Å²) in [6.45, 7) is 0. The molecule has 5 atom stereocenters. The number of para-hydroxylation sites is 1. The lowest BCUT2D eigenvalue weighted by atomic mass is 9.99. The van der Waals surface area contributed by atoms with Crippen molar-refractivity contribution in [2.45, 2.75) is 30.7 Å². The molecule has 3 heterocycles. The molecule has 0 amide bonds. The molecule has 1 aliphatic heterocycles. The lowest BCUT2D eigenvalue weighted by molar-refractivity contribution is -0.270. The minimum absolute atomic E-state index is 0.171. The van der Waals surface area contributed by atoms with Crippen LogP contribution in [0.2, 0.25) is 5.02 Å². The third kappa shape index (κ3) is 4.39. The number of carbonyl (C=O) groups is 2. The topological polar surface area (TPSA) is 143 Å². The molecule has 0 spiro atoms.